The summed E-state index contributed by atoms with van der Waals surface area (Å²) in [6, 6.07) is 16.9. The minimum atomic E-state index is -4.62. The van der Waals surface area contributed by atoms with E-state index in [1.54, 1.807) is 0 Å². The number of rotatable bonds is 9. The SMILES string of the molecule is CCNC(CC(Oc1ccccc1Br)c1ccccc1)OP(=O)(O)O. The van der Waals surface area contributed by atoms with Gasteiger partial charge in [0.2, 0.25) is 0 Å². The summed E-state index contributed by atoms with van der Waals surface area (Å²) in [5, 5.41) is 2.93. The lowest BCUT2D eigenvalue weighted by Crippen LogP contribution is -2.33. The van der Waals surface area contributed by atoms with Gasteiger partial charge in [-0.15, -0.1) is 0 Å². The fourth-order valence-electron chi connectivity index (χ4n) is 2.36. The third-order valence-corrected chi connectivity index (χ3v) is 4.59. The van der Waals surface area contributed by atoms with E-state index in [-0.39, 0.29) is 6.42 Å². The number of phosphoric ester groups is 1. The first-order valence-corrected chi connectivity index (χ1v) is 10.1. The Kier molecular flexibility index (Phi) is 7.62. The molecule has 25 heavy (non-hydrogen) atoms. The standard InChI is InChI=1S/C17H21BrNO5P/c1-2-19-17(24-25(20,21)22)12-16(13-8-4-3-5-9-13)23-15-11-7-6-10-14(15)18/h3-11,16-17,19H,2,12H2,1H3,(H2,20,21,22). The summed E-state index contributed by atoms with van der Waals surface area (Å²) in [5.74, 6) is 0.641. The lowest BCUT2D eigenvalue weighted by molar-refractivity contribution is 0.0631. The summed E-state index contributed by atoms with van der Waals surface area (Å²) in [7, 11) is -4.62. The highest BCUT2D eigenvalue weighted by atomic mass is 79.9. The Labute approximate surface area is 155 Å². The molecule has 2 aromatic carbocycles. The highest BCUT2D eigenvalue weighted by molar-refractivity contribution is 9.10. The lowest BCUT2D eigenvalue weighted by Gasteiger charge is -2.26. The average Bonchev–Trinajstić information content (AvgIpc) is 2.56. The topological polar surface area (TPSA) is 88.0 Å². The molecule has 0 aliphatic rings. The van der Waals surface area contributed by atoms with Crippen LogP contribution in [0.5, 0.6) is 5.75 Å². The number of phosphoric acid groups is 1. The van der Waals surface area contributed by atoms with E-state index in [0.29, 0.717) is 12.3 Å². The van der Waals surface area contributed by atoms with Crippen LogP contribution in [-0.4, -0.2) is 22.6 Å². The van der Waals surface area contributed by atoms with Gasteiger partial charge in [-0.2, -0.15) is 0 Å². The van der Waals surface area contributed by atoms with Gasteiger partial charge in [-0.3, -0.25) is 9.84 Å². The van der Waals surface area contributed by atoms with Gasteiger partial charge in [-0.05, 0) is 40.2 Å². The molecule has 2 aromatic rings. The van der Waals surface area contributed by atoms with E-state index in [9.17, 15) is 4.57 Å². The van der Waals surface area contributed by atoms with E-state index in [1.165, 1.54) is 0 Å². The van der Waals surface area contributed by atoms with Crippen LogP contribution in [0.25, 0.3) is 0 Å². The summed E-state index contributed by atoms with van der Waals surface area (Å²) in [5.41, 5.74) is 0.885. The number of ether oxygens (including phenoxy) is 1. The minimum absolute atomic E-state index is 0.226. The molecule has 0 aliphatic carbocycles. The predicted octanol–water partition coefficient (Wildman–Crippen LogP) is 4.00. The zero-order valence-electron chi connectivity index (χ0n) is 13.7. The van der Waals surface area contributed by atoms with E-state index >= 15 is 0 Å². The van der Waals surface area contributed by atoms with Crippen molar-refractivity contribution < 1.29 is 23.6 Å². The Bertz CT molecular complexity index is 709. The van der Waals surface area contributed by atoms with Gasteiger partial charge >= 0.3 is 7.82 Å². The first kappa shape index (κ1) is 20.1. The maximum atomic E-state index is 11.2. The second kappa shape index (κ2) is 9.48. The number of benzene rings is 2. The maximum absolute atomic E-state index is 11.2. The average molecular weight is 430 g/mol. The Morgan fingerprint density at radius 1 is 1.12 bits per heavy atom. The Hall–Kier alpha value is -1.21. The molecule has 0 spiro atoms. The Balaban J connectivity index is 2.24. The van der Waals surface area contributed by atoms with Crippen LogP contribution >= 0.6 is 23.8 Å². The zero-order valence-corrected chi connectivity index (χ0v) is 16.2. The van der Waals surface area contributed by atoms with Crippen molar-refractivity contribution in [3.63, 3.8) is 0 Å². The second-order valence-corrected chi connectivity index (χ2v) is 7.37. The van der Waals surface area contributed by atoms with Crippen molar-refractivity contribution in [3.05, 3.63) is 64.6 Å². The first-order valence-electron chi connectivity index (χ1n) is 7.82. The van der Waals surface area contributed by atoms with Crippen LogP contribution in [0, 0.1) is 0 Å². The fraction of sp³-hybridized carbons (Fsp3) is 0.294. The lowest BCUT2D eigenvalue weighted by atomic mass is 10.1. The van der Waals surface area contributed by atoms with Gasteiger partial charge in [0.05, 0.1) is 4.47 Å². The summed E-state index contributed by atoms with van der Waals surface area (Å²) >= 11 is 3.45. The molecule has 0 saturated heterocycles. The molecular weight excluding hydrogens is 409 g/mol. The van der Waals surface area contributed by atoms with Gasteiger partial charge in [0.1, 0.15) is 18.1 Å². The predicted molar refractivity (Wildman–Crippen MR) is 99.2 cm³/mol. The van der Waals surface area contributed by atoms with Crippen molar-refractivity contribution >= 4 is 23.8 Å². The van der Waals surface area contributed by atoms with Crippen LogP contribution in [0.1, 0.15) is 25.0 Å². The van der Waals surface area contributed by atoms with Crippen molar-refractivity contribution in [3.8, 4) is 5.75 Å². The number of nitrogens with one attached hydrogen (secondary N) is 1. The van der Waals surface area contributed by atoms with Crippen LogP contribution in [0.15, 0.2) is 59.1 Å². The zero-order chi connectivity index (χ0) is 18.3. The van der Waals surface area contributed by atoms with Crippen molar-refractivity contribution in [2.24, 2.45) is 0 Å². The molecule has 8 heteroatoms. The molecule has 0 saturated carbocycles. The molecule has 0 aliphatic heterocycles. The molecule has 0 radical (unpaired) electrons. The third-order valence-electron chi connectivity index (χ3n) is 3.40. The van der Waals surface area contributed by atoms with Crippen molar-refractivity contribution in [1.29, 1.82) is 0 Å². The molecule has 0 amide bonds. The van der Waals surface area contributed by atoms with E-state index in [4.69, 9.17) is 19.0 Å². The molecule has 136 valence electrons. The Morgan fingerprint density at radius 2 is 1.76 bits per heavy atom. The van der Waals surface area contributed by atoms with Gasteiger partial charge in [0.25, 0.3) is 0 Å². The molecule has 6 nitrogen and oxygen atoms in total. The third kappa shape index (κ3) is 6.90. The van der Waals surface area contributed by atoms with E-state index < -0.39 is 20.2 Å². The van der Waals surface area contributed by atoms with E-state index in [0.717, 1.165) is 10.0 Å². The van der Waals surface area contributed by atoms with Crippen molar-refractivity contribution in [2.45, 2.75) is 25.7 Å². The Morgan fingerprint density at radius 3 is 2.36 bits per heavy atom. The van der Waals surface area contributed by atoms with E-state index in [2.05, 4.69) is 21.2 Å². The normalized spacial score (nSPS) is 14.1. The molecule has 2 rings (SSSR count). The summed E-state index contributed by atoms with van der Waals surface area (Å²) < 4.78 is 23.0. The van der Waals surface area contributed by atoms with Crippen LogP contribution < -0.4 is 10.1 Å². The van der Waals surface area contributed by atoms with Crippen molar-refractivity contribution in [2.75, 3.05) is 6.54 Å². The van der Waals surface area contributed by atoms with Gasteiger partial charge in [0, 0.05) is 6.42 Å². The molecule has 0 bridgehead atoms. The molecule has 0 aromatic heterocycles. The van der Waals surface area contributed by atoms with Gasteiger partial charge in [-0.25, -0.2) is 4.57 Å². The smallest absolute Gasteiger partial charge is 0.471 e. The first-order chi connectivity index (χ1) is 11.9. The summed E-state index contributed by atoms with van der Waals surface area (Å²) in [6.07, 6.45) is -1.07. The fourth-order valence-corrected chi connectivity index (χ4v) is 3.24. The van der Waals surface area contributed by atoms with Crippen LogP contribution in [0.2, 0.25) is 0 Å². The molecule has 2 atom stereocenters. The second-order valence-electron chi connectivity index (χ2n) is 5.33. The number of hydrogen-bond acceptors (Lipinski definition) is 4. The van der Waals surface area contributed by atoms with Gasteiger partial charge in [-0.1, -0.05) is 49.4 Å². The van der Waals surface area contributed by atoms with Gasteiger partial charge < -0.3 is 14.5 Å². The maximum Gasteiger partial charge on any atom is 0.471 e. The number of para-hydroxylation sites is 1. The van der Waals surface area contributed by atoms with Gasteiger partial charge in [0.15, 0.2) is 0 Å². The van der Waals surface area contributed by atoms with Crippen LogP contribution in [0.4, 0.5) is 0 Å². The highest BCUT2D eigenvalue weighted by Gasteiger charge is 2.26. The summed E-state index contributed by atoms with van der Waals surface area (Å²) in [4.78, 5) is 18.3. The molecule has 3 N–H and O–H groups in total. The number of hydrogen-bond donors (Lipinski definition) is 3. The van der Waals surface area contributed by atoms with Crippen LogP contribution in [-0.2, 0) is 9.09 Å². The molecular formula is C17H21BrNO5P. The van der Waals surface area contributed by atoms with Crippen molar-refractivity contribution in [1.82, 2.24) is 5.32 Å². The van der Waals surface area contributed by atoms with E-state index in [1.807, 2.05) is 61.5 Å². The minimum Gasteiger partial charge on any atom is -0.484 e. The largest absolute Gasteiger partial charge is 0.484 e. The molecule has 0 heterocycles. The summed E-state index contributed by atoms with van der Waals surface area (Å²) in [6.45, 7) is 2.34. The molecule has 0 fully saturated rings. The quantitative estimate of drug-likeness (QED) is 0.412. The monoisotopic (exact) mass is 429 g/mol. The highest BCUT2D eigenvalue weighted by Crippen LogP contribution is 2.39. The molecule has 2 unspecified atom stereocenters. The van der Waals surface area contributed by atoms with Crippen LogP contribution in [0.3, 0.4) is 0 Å². The number of halogens is 1.